The SMILES string of the molecule is CCCCC/C=C\C/C=C\CCCCCCCC(=O)OCC(COC(=O)CCCCCCCCCCCCCCCCCCCCCCCCCCCCC)OC(=O)CCCCCCC/C=C\C/C=C\CCCCCC. The van der Waals surface area contributed by atoms with Gasteiger partial charge in [-0.2, -0.15) is 0 Å². The average Bonchev–Trinajstić information content (AvgIpc) is 3.42. The molecule has 6 nitrogen and oxygen atoms in total. The van der Waals surface area contributed by atoms with Crippen LogP contribution in [0.3, 0.4) is 0 Å². The van der Waals surface area contributed by atoms with Crippen LogP contribution in [0.25, 0.3) is 0 Å². The fourth-order valence-corrected chi connectivity index (χ4v) is 9.98. The van der Waals surface area contributed by atoms with Crippen molar-refractivity contribution in [2.45, 2.75) is 367 Å². The van der Waals surface area contributed by atoms with Crippen molar-refractivity contribution in [3.8, 4) is 0 Å². The van der Waals surface area contributed by atoms with Crippen LogP contribution in [0.1, 0.15) is 361 Å². The molecular formula is C70H128O6. The standard InChI is InChI=1S/C70H128O6/c1-4-7-10-13-16-19-22-25-28-30-31-32-33-34-35-36-37-38-39-40-43-45-48-51-54-57-60-63-69(72)75-66-67(65-74-68(71)62-59-56-53-50-47-44-41-27-24-21-18-15-12-9-6-3)76-70(73)64-61-58-55-52-49-46-42-29-26-23-20-17-14-11-8-5-2/h18,20-21,23,27,29,41-42,67H,4-17,19,22,24-26,28,30-40,43-66H2,1-3H3/b21-18-,23-20-,41-27-,42-29-. The quantitative estimate of drug-likeness (QED) is 0.0261. The van der Waals surface area contributed by atoms with E-state index in [0.29, 0.717) is 19.3 Å². The Bertz CT molecular complexity index is 1310. The Morgan fingerprint density at radius 3 is 0.763 bits per heavy atom. The second kappa shape index (κ2) is 64.9. The van der Waals surface area contributed by atoms with Gasteiger partial charge in [-0.15, -0.1) is 0 Å². The number of unbranched alkanes of at least 4 members (excludes halogenated alkanes) is 43. The molecule has 1 unspecified atom stereocenters. The summed E-state index contributed by atoms with van der Waals surface area (Å²) in [7, 11) is 0. The summed E-state index contributed by atoms with van der Waals surface area (Å²) in [6.45, 7) is 6.63. The van der Waals surface area contributed by atoms with Gasteiger partial charge in [0, 0.05) is 19.3 Å². The van der Waals surface area contributed by atoms with Crippen molar-refractivity contribution in [1.82, 2.24) is 0 Å². The van der Waals surface area contributed by atoms with E-state index in [1.807, 2.05) is 0 Å². The van der Waals surface area contributed by atoms with Crippen LogP contribution in [0.2, 0.25) is 0 Å². The third-order valence-corrected chi connectivity index (χ3v) is 15.1. The number of hydrogen-bond donors (Lipinski definition) is 0. The molecule has 0 fully saturated rings. The molecule has 444 valence electrons. The van der Waals surface area contributed by atoms with Gasteiger partial charge in [-0.3, -0.25) is 14.4 Å². The molecule has 0 spiro atoms. The molecule has 0 N–H and O–H groups in total. The van der Waals surface area contributed by atoms with E-state index in [-0.39, 0.29) is 31.1 Å². The Hall–Kier alpha value is -2.63. The van der Waals surface area contributed by atoms with Gasteiger partial charge >= 0.3 is 17.9 Å². The van der Waals surface area contributed by atoms with Gasteiger partial charge in [0.15, 0.2) is 6.10 Å². The maximum atomic E-state index is 12.9. The maximum Gasteiger partial charge on any atom is 0.306 e. The summed E-state index contributed by atoms with van der Waals surface area (Å²) >= 11 is 0. The van der Waals surface area contributed by atoms with Gasteiger partial charge in [0.1, 0.15) is 13.2 Å². The van der Waals surface area contributed by atoms with Crippen LogP contribution in [0, 0.1) is 0 Å². The fraction of sp³-hybridized carbons (Fsp3) is 0.843. The predicted octanol–water partition coefficient (Wildman–Crippen LogP) is 22.9. The van der Waals surface area contributed by atoms with Crippen LogP contribution < -0.4 is 0 Å². The van der Waals surface area contributed by atoms with E-state index in [2.05, 4.69) is 69.4 Å². The van der Waals surface area contributed by atoms with E-state index in [1.54, 1.807) is 0 Å². The molecule has 0 aromatic carbocycles. The summed E-state index contributed by atoms with van der Waals surface area (Å²) < 4.78 is 16.9. The zero-order valence-corrected chi connectivity index (χ0v) is 51.0. The molecule has 0 amide bonds. The van der Waals surface area contributed by atoms with Crippen molar-refractivity contribution in [3.05, 3.63) is 48.6 Å². The molecule has 0 aliphatic heterocycles. The Labute approximate surface area is 473 Å². The number of ether oxygens (including phenoxy) is 3. The number of carbonyl (C=O) groups excluding carboxylic acids is 3. The molecule has 0 aromatic heterocycles. The summed E-state index contributed by atoms with van der Waals surface area (Å²) in [6, 6.07) is 0. The van der Waals surface area contributed by atoms with E-state index < -0.39 is 6.10 Å². The zero-order valence-electron chi connectivity index (χ0n) is 51.0. The maximum absolute atomic E-state index is 12.9. The van der Waals surface area contributed by atoms with Crippen LogP contribution in [0.4, 0.5) is 0 Å². The Morgan fingerprint density at radius 2 is 0.474 bits per heavy atom. The zero-order chi connectivity index (χ0) is 55.0. The minimum absolute atomic E-state index is 0.0800. The van der Waals surface area contributed by atoms with Gasteiger partial charge in [-0.25, -0.2) is 0 Å². The first-order chi connectivity index (χ1) is 37.5. The average molecular weight is 1070 g/mol. The number of carbonyl (C=O) groups is 3. The molecule has 0 heterocycles. The monoisotopic (exact) mass is 1060 g/mol. The molecule has 0 rings (SSSR count). The number of hydrogen-bond acceptors (Lipinski definition) is 6. The number of esters is 3. The van der Waals surface area contributed by atoms with Crippen LogP contribution in [0.15, 0.2) is 48.6 Å². The lowest BCUT2D eigenvalue weighted by atomic mass is 10.0. The van der Waals surface area contributed by atoms with Crippen LogP contribution in [-0.4, -0.2) is 37.2 Å². The molecule has 76 heavy (non-hydrogen) atoms. The molecule has 0 aliphatic carbocycles. The minimum atomic E-state index is -0.786. The van der Waals surface area contributed by atoms with E-state index in [0.717, 1.165) is 103 Å². The molecular weight excluding hydrogens is 937 g/mol. The van der Waals surface area contributed by atoms with Crippen molar-refractivity contribution < 1.29 is 28.6 Å². The molecule has 0 radical (unpaired) electrons. The van der Waals surface area contributed by atoms with Crippen molar-refractivity contribution in [1.29, 1.82) is 0 Å². The minimum Gasteiger partial charge on any atom is -0.462 e. The highest BCUT2D eigenvalue weighted by atomic mass is 16.6. The molecule has 0 bridgehead atoms. The summed E-state index contributed by atoms with van der Waals surface area (Å²) in [5.41, 5.74) is 0. The van der Waals surface area contributed by atoms with Crippen LogP contribution >= 0.6 is 0 Å². The van der Waals surface area contributed by atoms with Gasteiger partial charge in [-0.05, 0) is 83.5 Å². The van der Waals surface area contributed by atoms with Crippen molar-refractivity contribution in [3.63, 3.8) is 0 Å². The third kappa shape index (κ3) is 62.2. The second-order valence-corrected chi connectivity index (χ2v) is 22.7. The highest BCUT2D eigenvalue weighted by Gasteiger charge is 2.19. The summed E-state index contributed by atoms with van der Waals surface area (Å²) in [6.07, 6.45) is 81.3. The molecule has 0 saturated carbocycles. The summed E-state index contributed by atoms with van der Waals surface area (Å²) in [4.78, 5) is 38.3. The van der Waals surface area contributed by atoms with Gasteiger partial charge in [0.05, 0.1) is 0 Å². The van der Waals surface area contributed by atoms with Gasteiger partial charge in [-0.1, -0.05) is 307 Å². The topological polar surface area (TPSA) is 78.9 Å². The van der Waals surface area contributed by atoms with Crippen molar-refractivity contribution >= 4 is 17.9 Å². The summed E-state index contributed by atoms with van der Waals surface area (Å²) in [5.74, 6) is -0.887. The van der Waals surface area contributed by atoms with Crippen LogP contribution in [-0.2, 0) is 28.6 Å². The lowest BCUT2D eigenvalue weighted by molar-refractivity contribution is -0.167. The first-order valence-electron chi connectivity index (χ1n) is 33.6. The molecule has 6 heteroatoms. The lowest BCUT2D eigenvalue weighted by Gasteiger charge is -2.18. The third-order valence-electron chi connectivity index (χ3n) is 15.1. The number of allylic oxidation sites excluding steroid dienone is 8. The van der Waals surface area contributed by atoms with Crippen LogP contribution in [0.5, 0.6) is 0 Å². The Balaban J connectivity index is 4.24. The van der Waals surface area contributed by atoms with E-state index in [1.165, 1.54) is 218 Å². The first kappa shape index (κ1) is 73.4. The lowest BCUT2D eigenvalue weighted by Crippen LogP contribution is -2.30. The van der Waals surface area contributed by atoms with E-state index in [9.17, 15) is 14.4 Å². The number of rotatable bonds is 62. The molecule has 0 saturated heterocycles. The van der Waals surface area contributed by atoms with E-state index >= 15 is 0 Å². The molecule has 0 aliphatic rings. The van der Waals surface area contributed by atoms with Crippen molar-refractivity contribution in [2.24, 2.45) is 0 Å². The van der Waals surface area contributed by atoms with Gasteiger partial charge in [0.25, 0.3) is 0 Å². The Kier molecular flexibility index (Phi) is 62.6. The normalized spacial score (nSPS) is 12.3. The summed E-state index contributed by atoms with van der Waals surface area (Å²) in [5, 5.41) is 0. The van der Waals surface area contributed by atoms with Gasteiger partial charge < -0.3 is 14.2 Å². The molecule has 1 atom stereocenters. The molecule has 0 aromatic rings. The largest absolute Gasteiger partial charge is 0.462 e. The fourth-order valence-electron chi connectivity index (χ4n) is 9.98. The van der Waals surface area contributed by atoms with Gasteiger partial charge in [0.2, 0.25) is 0 Å². The second-order valence-electron chi connectivity index (χ2n) is 22.7. The first-order valence-corrected chi connectivity index (χ1v) is 33.6. The van der Waals surface area contributed by atoms with Crippen molar-refractivity contribution in [2.75, 3.05) is 13.2 Å². The highest BCUT2D eigenvalue weighted by Crippen LogP contribution is 2.18. The van der Waals surface area contributed by atoms with E-state index in [4.69, 9.17) is 14.2 Å². The smallest absolute Gasteiger partial charge is 0.306 e. The Morgan fingerprint density at radius 1 is 0.263 bits per heavy atom. The highest BCUT2D eigenvalue weighted by molar-refractivity contribution is 5.71. The predicted molar refractivity (Wildman–Crippen MR) is 330 cm³/mol.